The summed E-state index contributed by atoms with van der Waals surface area (Å²) in [4.78, 5) is 14.4. The van der Waals surface area contributed by atoms with Crippen LogP contribution >= 0.6 is 50.3 Å². The van der Waals surface area contributed by atoms with Crippen molar-refractivity contribution in [1.82, 2.24) is 19.5 Å². The van der Waals surface area contributed by atoms with Gasteiger partial charge in [0.15, 0.2) is 33.6 Å². The number of imidazole rings is 1. The molecule has 0 spiro atoms. The summed E-state index contributed by atoms with van der Waals surface area (Å²) in [6.07, 6.45) is 1.47. The second-order valence-electron chi connectivity index (χ2n) is 5.75. The molecule has 26 heavy (non-hydrogen) atoms. The third-order valence-corrected chi connectivity index (χ3v) is 6.36. The molecule has 0 bridgehead atoms. The van der Waals surface area contributed by atoms with Gasteiger partial charge in [-0.3, -0.25) is 0 Å². The number of fused-ring (bicyclic) bond motifs is 2. The molecule has 1 atom stereocenters. The minimum absolute atomic E-state index is 0.259. The van der Waals surface area contributed by atoms with Gasteiger partial charge in [0.25, 0.3) is 0 Å². The first kappa shape index (κ1) is 18.1. The van der Waals surface area contributed by atoms with E-state index in [1.54, 1.807) is 11.8 Å². The van der Waals surface area contributed by atoms with Crippen LogP contribution in [-0.4, -0.2) is 37.6 Å². The molecule has 1 unspecified atom stereocenters. The summed E-state index contributed by atoms with van der Waals surface area (Å²) < 4.78 is 14.5. The van der Waals surface area contributed by atoms with E-state index in [2.05, 4.69) is 60.0 Å². The number of nitrogen functional groups attached to an aromatic ring is 1. The molecule has 3 heterocycles. The monoisotopic (exact) mass is 547 g/mol. The van der Waals surface area contributed by atoms with Crippen molar-refractivity contribution in [3.63, 3.8) is 0 Å². The Morgan fingerprint density at radius 1 is 1.31 bits per heavy atom. The largest absolute Gasteiger partial charge is 0.486 e. The first-order valence-electron chi connectivity index (χ1n) is 7.90. The predicted molar refractivity (Wildman–Crippen MR) is 112 cm³/mol. The maximum absolute atomic E-state index is 6.00. The number of hydrogen-bond acceptors (Lipinski definition) is 7. The third kappa shape index (κ3) is 3.46. The number of aromatic nitrogens is 4. The van der Waals surface area contributed by atoms with Gasteiger partial charge >= 0.3 is 0 Å². The number of anilines is 1. The fraction of sp³-hybridized carbons (Fsp3) is 0.312. The molecule has 1 aliphatic rings. The third-order valence-electron chi connectivity index (χ3n) is 3.76. The van der Waals surface area contributed by atoms with Crippen molar-refractivity contribution in [3.8, 4) is 11.5 Å². The molecule has 7 nitrogen and oxygen atoms in total. The van der Waals surface area contributed by atoms with E-state index in [-0.39, 0.29) is 4.83 Å². The van der Waals surface area contributed by atoms with Gasteiger partial charge < -0.3 is 19.8 Å². The van der Waals surface area contributed by atoms with E-state index < -0.39 is 0 Å². The maximum atomic E-state index is 6.00. The standard InChI is InChI=1S/C16H15BrIN5O2S/c1-8(17)6-23-15-13(14(19)20-7-21-15)22-16(23)26-12-5-11-10(4-9(12)18)24-2-3-25-11/h4-5,7-8H,2-3,6H2,1H3,(H2,19,20,21). The summed E-state index contributed by atoms with van der Waals surface area (Å²) in [6, 6.07) is 3.99. The van der Waals surface area contributed by atoms with Crippen molar-refractivity contribution in [2.24, 2.45) is 0 Å². The molecule has 136 valence electrons. The van der Waals surface area contributed by atoms with Crippen LogP contribution in [-0.2, 0) is 6.54 Å². The average molecular weight is 548 g/mol. The lowest BCUT2D eigenvalue weighted by Crippen LogP contribution is -2.15. The summed E-state index contributed by atoms with van der Waals surface area (Å²) in [5, 5.41) is 0.813. The highest BCUT2D eigenvalue weighted by atomic mass is 127. The molecule has 3 aromatic rings. The molecule has 2 aromatic heterocycles. The fourth-order valence-corrected chi connectivity index (χ4v) is 4.64. The van der Waals surface area contributed by atoms with Crippen molar-refractivity contribution in [2.45, 2.75) is 28.3 Å². The van der Waals surface area contributed by atoms with Gasteiger partial charge in [0.2, 0.25) is 0 Å². The second kappa shape index (κ2) is 7.39. The number of halogens is 2. The van der Waals surface area contributed by atoms with Gasteiger partial charge in [-0.1, -0.05) is 34.6 Å². The number of alkyl halides is 1. The number of nitrogens with zero attached hydrogens (tertiary/aromatic N) is 4. The number of ether oxygens (including phenoxy) is 2. The molecule has 1 aliphatic heterocycles. The van der Waals surface area contributed by atoms with Crippen LogP contribution in [0.3, 0.4) is 0 Å². The van der Waals surface area contributed by atoms with Crippen molar-refractivity contribution >= 4 is 67.3 Å². The highest BCUT2D eigenvalue weighted by Crippen LogP contribution is 2.40. The lowest BCUT2D eigenvalue weighted by atomic mass is 10.3. The number of nitrogens with two attached hydrogens (primary N) is 1. The minimum atomic E-state index is 0.259. The molecule has 4 rings (SSSR count). The lowest BCUT2D eigenvalue weighted by Gasteiger charge is -2.19. The summed E-state index contributed by atoms with van der Waals surface area (Å²) in [5.74, 6) is 1.92. The Labute approximate surface area is 176 Å². The van der Waals surface area contributed by atoms with Gasteiger partial charge in [0.05, 0.1) is 0 Å². The van der Waals surface area contributed by atoms with Gasteiger partial charge in [-0.05, 0) is 34.7 Å². The zero-order chi connectivity index (χ0) is 18.3. The zero-order valence-corrected chi connectivity index (χ0v) is 18.3. The number of hydrogen-bond donors (Lipinski definition) is 1. The van der Waals surface area contributed by atoms with E-state index >= 15 is 0 Å². The quantitative estimate of drug-likeness (QED) is 0.393. The smallest absolute Gasteiger partial charge is 0.175 e. The summed E-state index contributed by atoms with van der Waals surface area (Å²) in [7, 11) is 0. The topological polar surface area (TPSA) is 88.1 Å². The molecule has 0 fully saturated rings. The van der Waals surface area contributed by atoms with Crippen LogP contribution in [0.25, 0.3) is 11.2 Å². The van der Waals surface area contributed by atoms with Crippen molar-refractivity contribution < 1.29 is 9.47 Å². The van der Waals surface area contributed by atoms with Gasteiger partial charge in [-0.2, -0.15) is 0 Å². The zero-order valence-electron chi connectivity index (χ0n) is 13.8. The summed E-state index contributed by atoms with van der Waals surface area (Å²) in [5.41, 5.74) is 7.35. The molecular weight excluding hydrogens is 533 g/mol. The molecule has 0 amide bonds. The van der Waals surface area contributed by atoms with Crippen LogP contribution in [0.5, 0.6) is 11.5 Å². The highest BCUT2D eigenvalue weighted by molar-refractivity contribution is 14.1. The van der Waals surface area contributed by atoms with Gasteiger partial charge in [-0.25, -0.2) is 15.0 Å². The van der Waals surface area contributed by atoms with E-state index in [0.29, 0.717) is 24.5 Å². The first-order valence-corrected chi connectivity index (χ1v) is 10.7. The molecule has 2 N–H and O–H groups in total. The lowest BCUT2D eigenvalue weighted by molar-refractivity contribution is 0.171. The Kier molecular flexibility index (Phi) is 5.15. The van der Waals surface area contributed by atoms with E-state index in [1.807, 2.05) is 12.1 Å². The second-order valence-corrected chi connectivity index (χ2v) is 9.48. The Morgan fingerprint density at radius 3 is 2.77 bits per heavy atom. The van der Waals surface area contributed by atoms with Crippen LogP contribution in [0.4, 0.5) is 5.82 Å². The Morgan fingerprint density at radius 2 is 2.04 bits per heavy atom. The Hall–Kier alpha value is -1.27. The van der Waals surface area contributed by atoms with Crippen LogP contribution in [0, 0.1) is 3.57 Å². The minimum Gasteiger partial charge on any atom is -0.486 e. The van der Waals surface area contributed by atoms with E-state index in [1.165, 1.54) is 6.33 Å². The van der Waals surface area contributed by atoms with Crippen molar-refractivity contribution in [1.29, 1.82) is 0 Å². The van der Waals surface area contributed by atoms with Crippen LogP contribution < -0.4 is 15.2 Å². The van der Waals surface area contributed by atoms with Crippen molar-refractivity contribution in [2.75, 3.05) is 18.9 Å². The number of benzene rings is 1. The molecule has 0 saturated heterocycles. The number of rotatable bonds is 4. The Bertz CT molecular complexity index is 981. The van der Waals surface area contributed by atoms with Crippen LogP contribution in [0.2, 0.25) is 0 Å². The van der Waals surface area contributed by atoms with Crippen molar-refractivity contribution in [3.05, 3.63) is 22.0 Å². The van der Waals surface area contributed by atoms with Gasteiger partial charge in [0, 0.05) is 19.8 Å². The molecule has 10 heteroatoms. The van der Waals surface area contributed by atoms with E-state index in [4.69, 9.17) is 20.2 Å². The SMILES string of the molecule is CC(Br)Cn1c(Sc2cc3c(cc2I)OCCO3)nc2c(N)ncnc21. The molecule has 0 radical (unpaired) electrons. The highest BCUT2D eigenvalue weighted by Gasteiger charge is 2.20. The van der Waals surface area contributed by atoms with E-state index in [9.17, 15) is 0 Å². The molecule has 1 aromatic carbocycles. The molecular formula is C16H15BrIN5O2S. The van der Waals surface area contributed by atoms with Crippen LogP contribution in [0.15, 0.2) is 28.5 Å². The van der Waals surface area contributed by atoms with Gasteiger partial charge in [-0.15, -0.1) is 0 Å². The normalized spacial score (nSPS) is 14.6. The molecule has 0 aliphatic carbocycles. The Balaban J connectivity index is 1.78. The first-order chi connectivity index (χ1) is 12.5. The van der Waals surface area contributed by atoms with Crippen LogP contribution in [0.1, 0.15) is 6.92 Å². The van der Waals surface area contributed by atoms with Gasteiger partial charge in [0.1, 0.15) is 19.5 Å². The fourth-order valence-electron chi connectivity index (χ4n) is 2.65. The summed E-state index contributed by atoms with van der Waals surface area (Å²) >= 11 is 7.47. The predicted octanol–water partition coefficient (Wildman–Crippen LogP) is 3.72. The molecule has 0 saturated carbocycles. The van der Waals surface area contributed by atoms with E-state index in [0.717, 1.165) is 37.3 Å². The maximum Gasteiger partial charge on any atom is 0.175 e. The summed E-state index contributed by atoms with van der Waals surface area (Å²) in [6.45, 7) is 3.94. The average Bonchev–Trinajstić information content (AvgIpc) is 2.94.